The van der Waals surface area contributed by atoms with Crippen LogP contribution in [0.1, 0.15) is 100 Å². The van der Waals surface area contributed by atoms with E-state index in [9.17, 15) is 58.5 Å². The number of nitrogens with two attached hydrogens (primary N) is 1. The van der Waals surface area contributed by atoms with Gasteiger partial charge in [0.2, 0.25) is 88.6 Å². The Labute approximate surface area is 746 Å². The Hall–Kier alpha value is -13.7. The van der Waals surface area contributed by atoms with Gasteiger partial charge in [0.1, 0.15) is 78.0 Å². The van der Waals surface area contributed by atoms with Gasteiger partial charge in [-0.2, -0.15) is 0 Å². The number of likely N-dealkylation sites (N-methyl/N-ethyl adjacent to an activating group) is 4. The van der Waals surface area contributed by atoms with Gasteiger partial charge in [-0.1, -0.05) is 181 Å². The fraction of sp³-hybridized carbons (Fsp3) is 0.413. The van der Waals surface area contributed by atoms with Crippen molar-refractivity contribution in [1.82, 2.24) is 77.8 Å². The highest BCUT2D eigenvalue weighted by Gasteiger charge is 2.42. The molecule has 0 saturated carbocycles. The van der Waals surface area contributed by atoms with Crippen LogP contribution in [0.15, 0.2) is 170 Å². The van der Waals surface area contributed by atoms with Gasteiger partial charge in [0.05, 0.1) is 31.8 Å². The molecule has 1 aliphatic heterocycles. The van der Waals surface area contributed by atoms with Crippen molar-refractivity contribution in [3.8, 4) is 11.5 Å². The predicted octanol–water partition coefficient (Wildman–Crippen LogP) is 1.98. The molecular weight excluding hydrogens is 1670 g/mol. The van der Waals surface area contributed by atoms with Crippen molar-refractivity contribution in [3.63, 3.8) is 0 Å². The van der Waals surface area contributed by atoms with Gasteiger partial charge in [0.25, 0.3) is 0 Å². The van der Waals surface area contributed by atoms with Gasteiger partial charge in [-0.15, -0.1) is 11.8 Å². The summed E-state index contributed by atoms with van der Waals surface area (Å²) in [6.07, 6.45) is 0.0624. The molecule has 1 aliphatic rings. The van der Waals surface area contributed by atoms with E-state index in [-0.39, 0.29) is 74.5 Å². The van der Waals surface area contributed by atoms with Gasteiger partial charge >= 0.3 is 5.97 Å². The molecule has 36 heteroatoms. The summed E-state index contributed by atoms with van der Waals surface area (Å²) in [4.78, 5) is 241. The van der Waals surface area contributed by atoms with Crippen LogP contribution in [-0.2, 0) is 115 Å². The second-order valence-corrected chi connectivity index (χ2v) is 33.6. The summed E-state index contributed by atoms with van der Waals surface area (Å²) >= 11 is 0.827. The molecule has 35 nitrogen and oxygen atoms in total. The summed E-state index contributed by atoms with van der Waals surface area (Å²) in [5.41, 5.74) is 9.10. The van der Waals surface area contributed by atoms with Crippen molar-refractivity contribution >= 4 is 117 Å². The number of hydrogen-bond acceptors (Lipinski definition) is 19. The first-order chi connectivity index (χ1) is 61.0. The number of aromatic amines is 1. The molecule has 2 heterocycles. The molecule has 8 rings (SSSR count). The third kappa shape index (κ3) is 30.3. The molecule has 11 atom stereocenters. The minimum Gasteiger partial charge on any atom is -0.508 e. The van der Waals surface area contributed by atoms with Crippen LogP contribution in [0.25, 0.3) is 10.9 Å². The second kappa shape index (κ2) is 48.7. The van der Waals surface area contributed by atoms with Crippen LogP contribution in [0.4, 0.5) is 0 Å². The lowest BCUT2D eigenvalue weighted by molar-refractivity contribution is -0.149. The van der Waals surface area contributed by atoms with Crippen LogP contribution >= 0.6 is 11.8 Å². The lowest BCUT2D eigenvalue weighted by Gasteiger charge is -2.36. The van der Waals surface area contributed by atoms with Crippen LogP contribution in [0.3, 0.4) is 0 Å². The Balaban J connectivity index is 1.20. The number of carbonyl (C=O) groups is 16. The number of rotatable bonds is 23. The minimum absolute atomic E-state index is 0.0187. The summed E-state index contributed by atoms with van der Waals surface area (Å²) < 4.78 is 0. The van der Waals surface area contributed by atoms with E-state index in [1.807, 2.05) is 6.92 Å². The molecule has 15 amide bonds. The van der Waals surface area contributed by atoms with Gasteiger partial charge in [-0.3, -0.25) is 76.7 Å². The summed E-state index contributed by atoms with van der Waals surface area (Å²) in [7, 11) is 5.24. The van der Waals surface area contributed by atoms with Crippen molar-refractivity contribution in [2.24, 2.45) is 17.6 Å². The number of aliphatic carboxylic acids is 1. The van der Waals surface area contributed by atoms with Gasteiger partial charge in [-0.05, 0) is 88.4 Å². The van der Waals surface area contributed by atoms with Crippen molar-refractivity contribution in [2.75, 3.05) is 59.3 Å². The number of fused-ring (bicyclic) bond motifs is 1. The van der Waals surface area contributed by atoms with Crippen LogP contribution in [0.2, 0.25) is 0 Å². The summed E-state index contributed by atoms with van der Waals surface area (Å²) in [5.74, 6) is -17.6. The molecule has 7 aromatic rings. The first kappa shape index (κ1) is 99.8. The SMILES string of the molecule is CCCCC1C(=O)NCC(=O)N[C@@H](CC(=O)O)C(=O)N[C@@H](C(C)C)C(=O)N(C)[C@@H](Cc2ccccc2)C(=O)NC(Cc2ccc(O)cc2)C(=O)N(C)CC(=O)N[C@@H](Cc2c[nH]c3ccccc23)C(=O)N[C@@H](Cc2ccc(O)cc2)C(=O)N[C@@H](CC(C)C)C(=O)N[C@H](C(=O)NCC(N)=O)CSCC(=O)N[C@@H](Cc2ccccc2)C(=O)N(C)[C@@H](Cc2ccccc2)C(=O)N1C. The highest BCUT2D eigenvalue weighted by molar-refractivity contribution is 8.00. The van der Waals surface area contributed by atoms with Crippen LogP contribution in [0, 0.1) is 11.8 Å². The second-order valence-electron chi connectivity index (χ2n) is 32.6. The molecule has 128 heavy (non-hydrogen) atoms. The Morgan fingerprint density at radius 2 is 0.945 bits per heavy atom. The number of nitrogens with zero attached hydrogens (tertiary/aromatic N) is 4. The number of unbranched alkanes of at least 4 members (excludes halogenated alkanes) is 1. The lowest BCUT2D eigenvalue weighted by atomic mass is 9.98. The van der Waals surface area contributed by atoms with Crippen molar-refractivity contribution < 1.29 is 92.0 Å². The molecule has 6 aromatic carbocycles. The monoisotopic (exact) mass is 1780 g/mol. The first-order valence-corrected chi connectivity index (χ1v) is 43.4. The number of phenolic OH excluding ortho intramolecular Hbond substituents is 2. The van der Waals surface area contributed by atoms with E-state index in [4.69, 9.17) is 5.73 Å². The van der Waals surface area contributed by atoms with Gasteiger partial charge in [-0.25, -0.2) is 0 Å². The number of amides is 15. The number of primary amides is 1. The van der Waals surface area contributed by atoms with Gasteiger partial charge in [0.15, 0.2) is 0 Å². The number of benzene rings is 6. The molecule has 1 fully saturated rings. The predicted molar refractivity (Wildman–Crippen MR) is 477 cm³/mol. The normalized spacial score (nSPS) is 21.9. The maximum absolute atomic E-state index is 15.4. The van der Waals surface area contributed by atoms with Gasteiger partial charge < -0.3 is 98.8 Å². The van der Waals surface area contributed by atoms with E-state index in [1.165, 1.54) is 76.7 Å². The van der Waals surface area contributed by atoms with Crippen LogP contribution in [-0.4, -0.2) is 260 Å². The quantitative estimate of drug-likeness (QED) is 0.0435. The Kier molecular flexibility index (Phi) is 38.0. The molecule has 2 unspecified atom stereocenters. The third-order valence-electron chi connectivity index (χ3n) is 21.7. The zero-order valence-corrected chi connectivity index (χ0v) is 73.9. The van der Waals surface area contributed by atoms with Crippen molar-refractivity contribution in [2.45, 2.75) is 172 Å². The Morgan fingerprint density at radius 1 is 0.477 bits per heavy atom. The smallest absolute Gasteiger partial charge is 0.305 e. The van der Waals surface area contributed by atoms with Crippen LogP contribution < -0.4 is 58.9 Å². The molecule has 0 spiro atoms. The van der Waals surface area contributed by atoms with Crippen molar-refractivity contribution in [1.29, 1.82) is 0 Å². The summed E-state index contributed by atoms with van der Waals surface area (Å²) in [6, 6.07) is 27.2. The maximum atomic E-state index is 15.4. The molecule has 684 valence electrons. The number of aromatic hydroxyl groups is 2. The van der Waals surface area contributed by atoms with E-state index < -0.39 is 199 Å². The van der Waals surface area contributed by atoms with E-state index in [1.54, 1.807) is 149 Å². The number of carboxylic acid groups (broad SMARTS) is 1. The molecule has 0 bridgehead atoms. The standard InChI is InChI=1S/C92H116N16O19S/c1-10-11-31-73-87(122)96-50-77(112)97-69(47-80(115)116)86(121)104-81(55(4)5)92(127)107(8)74(44-57-25-17-13-18-26-57)88(123)102-70(43-60-34-38-63(110)39-35-60)89(124)105(6)51-78(113)98-68(46-61-48-94-65-30-22-21-29-64(61)65)85(120)101-67(41-59-32-36-62(109)37-33-59)84(119)100-66(40-54(2)3)83(118)103-72(82(117)95-49-76(93)111)52-128-53-79(114)99-71(42-56-23-15-12-16-24-56)90(125)108(9)75(91(126)106(73)7)45-58-27-19-14-20-28-58/h12-30,32-39,48,54-55,66-75,81,94,109-110H,10-11,31,40-47,49-53H2,1-9H3,(H2,93,111)(H,95,117)(H,96,122)(H,97,112)(H,98,113)(H,99,114)(H,100,119)(H,101,120)(H,102,123)(H,103,118)(H,104,121)(H,115,116)/t66-,67-,68-,69-,70?,71-,72-,73?,74-,75-,81-/m0/s1. The van der Waals surface area contributed by atoms with Gasteiger partial charge in [0, 0.05) is 89.6 Å². The fourth-order valence-electron chi connectivity index (χ4n) is 14.7. The third-order valence-corrected chi connectivity index (χ3v) is 22.8. The van der Waals surface area contributed by atoms with E-state index >= 15 is 33.6 Å². The number of phenols is 2. The number of aromatic nitrogens is 1. The van der Waals surface area contributed by atoms with E-state index in [2.05, 4.69) is 58.2 Å². The van der Waals surface area contributed by atoms with E-state index in [0.29, 0.717) is 57.1 Å². The number of carbonyl (C=O) groups excluding carboxylic acids is 15. The fourth-order valence-corrected chi connectivity index (χ4v) is 15.6. The Bertz CT molecular complexity index is 5030. The topological polar surface area (TPSA) is 509 Å². The number of nitrogens with one attached hydrogen (secondary N) is 11. The lowest BCUT2D eigenvalue weighted by Crippen LogP contribution is -2.61. The largest absolute Gasteiger partial charge is 0.508 e. The number of para-hydroxylation sites is 1. The molecule has 1 aromatic heterocycles. The van der Waals surface area contributed by atoms with Crippen LogP contribution in [0.5, 0.6) is 11.5 Å². The maximum Gasteiger partial charge on any atom is 0.305 e. The van der Waals surface area contributed by atoms with E-state index in [0.717, 1.165) is 31.4 Å². The average molecular weight is 1780 g/mol. The first-order valence-electron chi connectivity index (χ1n) is 42.3. The Morgan fingerprint density at radius 3 is 1.50 bits per heavy atom. The number of H-pyrrole nitrogens is 1. The highest BCUT2D eigenvalue weighted by atomic mass is 32.2. The molecular formula is C92H116N16O19S. The minimum atomic E-state index is -1.91. The molecule has 16 N–H and O–H groups in total. The van der Waals surface area contributed by atoms with Crippen molar-refractivity contribution in [3.05, 3.63) is 203 Å². The number of thioether (sulfide) groups is 1. The zero-order valence-electron chi connectivity index (χ0n) is 73.1. The molecule has 1 saturated heterocycles. The summed E-state index contributed by atoms with van der Waals surface area (Å²) in [5, 5.41) is 57.9. The highest BCUT2D eigenvalue weighted by Crippen LogP contribution is 2.24. The molecule has 0 radical (unpaired) electrons. The number of hydrogen-bond donors (Lipinski definition) is 15. The number of carboxylic acids is 1. The summed E-state index contributed by atoms with van der Waals surface area (Å²) in [6.45, 7) is 6.08. The molecule has 0 aliphatic carbocycles. The average Bonchev–Trinajstić information content (AvgIpc) is 1.05. The zero-order chi connectivity index (χ0) is 93.4.